The van der Waals surface area contributed by atoms with Crippen molar-refractivity contribution in [1.29, 1.82) is 0 Å². The number of carbonyl (C=O) groups is 1. The van der Waals surface area contributed by atoms with Gasteiger partial charge >= 0.3 is 0 Å². The third kappa shape index (κ3) is 4.31. The number of hydrogen-bond donors (Lipinski definition) is 2. The molecule has 3 rings (SSSR count). The van der Waals surface area contributed by atoms with Crippen LogP contribution in [0.15, 0.2) is 70.6 Å². The highest BCUT2D eigenvalue weighted by Gasteiger charge is 2.13. The summed E-state index contributed by atoms with van der Waals surface area (Å²) >= 11 is 1.08. The first kappa shape index (κ1) is 17.8. The molecule has 3 aromatic rings. The van der Waals surface area contributed by atoms with Gasteiger partial charge in [-0.15, -0.1) is 0 Å². The van der Waals surface area contributed by atoms with Gasteiger partial charge in [0.2, 0.25) is 11.8 Å². The van der Waals surface area contributed by atoms with Crippen LogP contribution in [-0.4, -0.2) is 26.3 Å². The van der Waals surface area contributed by atoms with Crippen molar-refractivity contribution in [3.63, 3.8) is 0 Å². The number of rotatable bonds is 5. The van der Waals surface area contributed by atoms with E-state index in [4.69, 9.17) is 0 Å². The van der Waals surface area contributed by atoms with Crippen molar-refractivity contribution < 1.29 is 9.90 Å². The molecule has 0 unspecified atom stereocenters. The Labute approximate surface area is 154 Å². The maximum atomic E-state index is 12.3. The molecular formula is C19H17N3O3S. The van der Waals surface area contributed by atoms with Crippen LogP contribution in [0.3, 0.4) is 0 Å². The first-order chi connectivity index (χ1) is 12.5. The molecule has 1 heterocycles. The number of nitrogens with zero attached hydrogens (tertiary/aromatic N) is 2. The molecule has 0 saturated heterocycles. The standard InChI is InChI=1S/C19H17N3O3S/c1-13-7-9-14(10-8-13)20-17(24)12-26-19-21-16(23)11-18(25)22(19)15-5-3-2-4-6-15/h2-11,23H,12H2,1H3,(H,20,24). The van der Waals surface area contributed by atoms with E-state index in [1.165, 1.54) is 4.57 Å². The van der Waals surface area contributed by atoms with E-state index in [0.717, 1.165) is 23.4 Å². The average Bonchev–Trinajstić information content (AvgIpc) is 2.62. The van der Waals surface area contributed by atoms with Gasteiger partial charge in [0.1, 0.15) is 0 Å². The van der Waals surface area contributed by atoms with E-state index in [9.17, 15) is 14.7 Å². The van der Waals surface area contributed by atoms with E-state index in [2.05, 4.69) is 10.3 Å². The number of benzene rings is 2. The molecule has 0 saturated carbocycles. The van der Waals surface area contributed by atoms with Gasteiger partial charge in [-0.25, -0.2) is 0 Å². The normalized spacial score (nSPS) is 10.5. The third-order valence-corrected chi connectivity index (χ3v) is 4.50. The van der Waals surface area contributed by atoms with Crippen LogP contribution in [0.1, 0.15) is 5.56 Å². The summed E-state index contributed by atoms with van der Waals surface area (Å²) in [7, 11) is 0. The zero-order chi connectivity index (χ0) is 18.5. The van der Waals surface area contributed by atoms with Crippen molar-refractivity contribution in [3.05, 3.63) is 76.6 Å². The van der Waals surface area contributed by atoms with E-state index in [1.807, 2.05) is 37.3 Å². The zero-order valence-electron chi connectivity index (χ0n) is 14.0. The number of para-hydroxylation sites is 1. The van der Waals surface area contributed by atoms with E-state index in [0.29, 0.717) is 11.4 Å². The van der Waals surface area contributed by atoms with Gasteiger partial charge in [0, 0.05) is 5.69 Å². The highest BCUT2D eigenvalue weighted by Crippen LogP contribution is 2.20. The van der Waals surface area contributed by atoms with E-state index in [1.54, 1.807) is 24.3 Å². The largest absolute Gasteiger partial charge is 0.493 e. The molecule has 0 aliphatic heterocycles. The Kier molecular flexibility index (Phi) is 5.38. The minimum Gasteiger partial charge on any atom is -0.493 e. The van der Waals surface area contributed by atoms with E-state index >= 15 is 0 Å². The number of aromatic hydroxyl groups is 1. The van der Waals surface area contributed by atoms with Crippen LogP contribution in [0.25, 0.3) is 5.69 Å². The molecule has 0 aliphatic carbocycles. The molecule has 0 radical (unpaired) electrons. The quantitative estimate of drug-likeness (QED) is 0.535. The first-order valence-corrected chi connectivity index (χ1v) is 8.89. The molecule has 2 aromatic carbocycles. The van der Waals surface area contributed by atoms with Crippen molar-refractivity contribution in [2.24, 2.45) is 0 Å². The SMILES string of the molecule is Cc1ccc(NC(=O)CSc2nc(O)cc(=O)n2-c2ccccc2)cc1. The summed E-state index contributed by atoms with van der Waals surface area (Å²) in [6.45, 7) is 1.97. The lowest BCUT2D eigenvalue weighted by Crippen LogP contribution is -2.21. The van der Waals surface area contributed by atoms with E-state index < -0.39 is 5.56 Å². The lowest BCUT2D eigenvalue weighted by atomic mass is 10.2. The molecule has 0 fully saturated rings. The number of amides is 1. The number of aryl methyl sites for hydroxylation is 1. The van der Waals surface area contributed by atoms with Gasteiger partial charge in [-0.3, -0.25) is 14.2 Å². The van der Waals surface area contributed by atoms with Gasteiger partial charge in [-0.1, -0.05) is 47.7 Å². The van der Waals surface area contributed by atoms with Crippen molar-refractivity contribution in [1.82, 2.24) is 9.55 Å². The second kappa shape index (κ2) is 7.88. The molecule has 6 nitrogen and oxygen atoms in total. The first-order valence-electron chi connectivity index (χ1n) is 7.91. The van der Waals surface area contributed by atoms with Crippen LogP contribution < -0.4 is 10.9 Å². The summed E-state index contributed by atoms with van der Waals surface area (Å²) in [4.78, 5) is 28.5. The van der Waals surface area contributed by atoms with Crippen LogP contribution in [0, 0.1) is 6.92 Å². The maximum Gasteiger partial charge on any atom is 0.262 e. The number of hydrogen-bond acceptors (Lipinski definition) is 5. The molecule has 1 aromatic heterocycles. The Morgan fingerprint density at radius 1 is 1.15 bits per heavy atom. The smallest absolute Gasteiger partial charge is 0.262 e. The number of anilines is 1. The van der Waals surface area contributed by atoms with Crippen LogP contribution >= 0.6 is 11.8 Å². The minimum atomic E-state index is -0.412. The molecule has 1 amide bonds. The molecule has 0 atom stereocenters. The molecule has 0 bridgehead atoms. The van der Waals surface area contributed by atoms with Crippen molar-refractivity contribution in [3.8, 4) is 11.6 Å². The monoisotopic (exact) mass is 367 g/mol. The summed E-state index contributed by atoms with van der Waals surface area (Å²) in [6, 6.07) is 17.5. The van der Waals surface area contributed by atoms with Crippen molar-refractivity contribution >= 4 is 23.4 Å². The Bertz CT molecular complexity index is 970. The molecule has 26 heavy (non-hydrogen) atoms. The maximum absolute atomic E-state index is 12.3. The lowest BCUT2D eigenvalue weighted by Gasteiger charge is -2.11. The molecule has 7 heteroatoms. The Morgan fingerprint density at radius 2 is 1.85 bits per heavy atom. The summed E-state index contributed by atoms with van der Waals surface area (Å²) in [6.07, 6.45) is 0. The summed E-state index contributed by atoms with van der Waals surface area (Å²) in [5, 5.41) is 12.7. The second-order valence-corrected chi connectivity index (χ2v) is 6.55. The average molecular weight is 367 g/mol. The highest BCUT2D eigenvalue weighted by molar-refractivity contribution is 7.99. The van der Waals surface area contributed by atoms with Gasteiger partial charge in [0.05, 0.1) is 17.5 Å². The van der Waals surface area contributed by atoms with Gasteiger partial charge in [-0.2, -0.15) is 4.98 Å². The summed E-state index contributed by atoms with van der Waals surface area (Å²) < 4.78 is 1.36. The fourth-order valence-electron chi connectivity index (χ4n) is 2.33. The second-order valence-electron chi connectivity index (χ2n) is 5.61. The Morgan fingerprint density at radius 3 is 2.54 bits per heavy atom. The van der Waals surface area contributed by atoms with Crippen LogP contribution in [-0.2, 0) is 4.79 Å². The number of carbonyl (C=O) groups excluding carboxylic acids is 1. The predicted octanol–water partition coefficient (Wildman–Crippen LogP) is 2.98. The fourth-order valence-corrected chi connectivity index (χ4v) is 3.14. The number of nitrogens with one attached hydrogen (secondary N) is 1. The third-order valence-electron chi connectivity index (χ3n) is 3.56. The van der Waals surface area contributed by atoms with Crippen LogP contribution in [0.4, 0.5) is 5.69 Å². The summed E-state index contributed by atoms with van der Waals surface area (Å²) in [5.41, 5.74) is 2.01. The lowest BCUT2D eigenvalue weighted by molar-refractivity contribution is -0.113. The molecule has 2 N–H and O–H groups in total. The number of thioether (sulfide) groups is 1. The Hall–Kier alpha value is -3.06. The van der Waals surface area contributed by atoms with Crippen molar-refractivity contribution in [2.75, 3.05) is 11.1 Å². The van der Waals surface area contributed by atoms with Gasteiger partial charge in [0.25, 0.3) is 5.56 Å². The molecule has 0 aliphatic rings. The molecule has 0 spiro atoms. The highest BCUT2D eigenvalue weighted by atomic mass is 32.2. The van der Waals surface area contributed by atoms with Crippen LogP contribution in [0.2, 0.25) is 0 Å². The van der Waals surface area contributed by atoms with Gasteiger partial charge < -0.3 is 10.4 Å². The predicted molar refractivity (Wildman–Crippen MR) is 102 cm³/mol. The Balaban J connectivity index is 1.78. The molecular weight excluding hydrogens is 350 g/mol. The van der Waals surface area contributed by atoms with Crippen LogP contribution in [0.5, 0.6) is 5.88 Å². The van der Waals surface area contributed by atoms with E-state index in [-0.39, 0.29) is 22.7 Å². The minimum absolute atomic E-state index is 0.0522. The number of aromatic nitrogens is 2. The van der Waals surface area contributed by atoms with Gasteiger partial charge in [-0.05, 0) is 31.2 Å². The fraction of sp³-hybridized carbons (Fsp3) is 0.105. The van der Waals surface area contributed by atoms with Crippen molar-refractivity contribution in [2.45, 2.75) is 12.1 Å². The van der Waals surface area contributed by atoms with Gasteiger partial charge in [0.15, 0.2) is 5.16 Å². The topological polar surface area (TPSA) is 84.2 Å². The molecule has 132 valence electrons. The zero-order valence-corrected chi connectivity index (χ0v) is 14.9. The summed E-state index contributed by atoms with van der Waals surface area (Å²) in [5.74, 6) is -0.545.